The molecule has 2 rings (SSSR count). The fourth-order valence-corrected chi connectivity index (χ4v) is 1.90. The van der Waals surface area contributed by atoms with Crippen molar-refractivity contribution in [2.75, 3.05) is 0 Å². The summed E-state index contributed by atoms with van der Waals surface area (Å²) in [6, 6.07) is 17.0. The van der Waals surface area contributed by atoms with Crippen molar-refractivity contribution in [1.29, 1.82) is 0 Å². The van der Waals surface area contributed by atoms with Gasteiger partial charge in [0.2, 0.25) is 0 Å². The molecule has 0 N–H and O–H groups in total. The maximum Gasteiger partial charge on any atom is 0.325 e. The van der Waals surface area contributed by atoms with Gasteiger partial charge in [-0.15, -0.1) is 3.89 Å². The minimum atomic E-state index is -4.57. The summed E-state index contributed by atoms with van der Waals surface area (Å²) >= 11 is 0. The zero-order valence-corrected chi connectivity index (χ0v) is 10.3. The quantitative estimate of drug-likeness (QED) is 0.792. The van der Waals surface area contributed by atoms with Crippen LogP contribution in [0.4, 0.5) is 3.89 Å². The number of halogens is 1. The van der Waals surface area contributed by atoms with Crippen molar-refractivity contribution in [2.24, 2.45) is 0 Å². The number of hydrogen-bond donors (Lipinski definition) is 0. The van der Waals surface area contributed by atoms with E-state index in [2.05, 4.69) is 0 Å². The van der Waals surface area contributed by atoms with Gasteiger partial charge >= 0.3 is 10.2 Å². The Hall–Kier alpha value is -1.94. The van der Waals surface area contributed by atoms with Crippen LogP contribution >= 0.6 is 0 Å². The molecular formula is C14H11FO2S. The van der Waals surface area contributed by atoms with Crippen molar-refractivity contribution >= 4 is 16.3 Å². The summed E-state index contributed by atoms with van der Waals surface area (Å²) in [5.41, 5.74) is 2.73. The van der Waals surface area contributed by atoms with E-state index in [4.69, 9.17) is 0 Å². The molecule has 2 aromatic rings. The van der Waals surface area contributed by atoms with E-state index >= 15 is 0 Å². The molecule has 0 fully saturated rings. The van der Waals surface area contributed by atoms with Gasteiger partial charge in [-0.3, -0.25) is 0 Å². The largest absolute Gasteiger partial charge is 0.325 e. The van der Waals surface area contributed by atoms with Gasteiger partial charge in [0.15, 0.2) is 0 Å². The third-order valence-corrected chi connectivity index (χ3v) is 2.90. The number of hydrogen-bond acceptors (Lipinski definition) is 2. The molecule has 0 amide bonds. The SMILES string of the molecule is O=S(=O)(F)/C=C/c1ccc(-c2ccccc2)cc1. The molecule has 2 aromatic carbocycles. The summed E-state index contributed by atoms with van der Waals surface area (Å²) in [5.74, 6) is 0. The van der Waals surface area contributed by atoms with Crippen LogP contribution in [0.2, 0.25) is 0 Å². The van der Waals surface area contributed by atoms with Crippen LogP contribution in [0, 0.1) is 0 Å². The monoisotopic (exact) mass is 262 g/mol. The van der Waals surface area contributed by atoms with Gasteiger partial charge in [0.05, 0.1) is 5.41 Å². The Balaban J connectivity index is 2.24. The van der Waals surface area contributed by atoms with Gasteiger partial charge in [0.1, 0.15) is 0 Å². The second kappa shape index (κ2) is 5.14. The molecule has 0 aromatic heterocycles. The van der Waals surface area contributed by atoms with E-state index in [9.17, 15) is 12.3 Å². The Labute approximate surface area is 106 Å². The lowest BCUT2D eigenvalue weighted by atomic mass is 10.0. The number of benzene rings is 2. The second-order valence-corrected chi connectivity index (χ2v) is 4.99. The molecule has 0 radical (unpaired) electrons. The van der Waals surface area contributed by atoms with Crippen LogP contribution in [0.25, 0.3) is 17.2 Å². The third kappa shape index (κ3) is 3.53. The molecular weight excluding hydrogens is 251 g/mol. The second-order valence-electron chi connectivity index (χ2n) is 3.77. The van der Waals surface area contributed by atoms with Gasteiger partial charge in [0, 0.05) is 0 Å². The van der Waals surface area contributed by atoms with Gasteiger partial charge in [-0.05, 0) is 22.8 Å². The van der Waals surface area contributed by atoms with Gasteiger partial charge in [0.25, 0.3) is 0 Å². The van der Waals surface area contributed by atoms with Crippen LogP contribution in [0.5, 0.6) is 0 Å². The van der Waals surface area contributed by atoms with Crippen molar-refractivity contribution in [3.05, 3.63) is 65.6 Å². The van der Waals surface area contributed by atoms with Crippen molar-refractivity contribution in [3.63, 3.8) is 0 Å². The molecule has 0 unspecified atom stereocenters. The molecule has 0 atom stereocenters. The van der Waals surface area contributed by atoms with Crippen LogP contribution in [0.3, 0.4) is 0 Å². The lowest BCUT2D eigenvalue weighted by Crippen LogP contribution is -1.82. The maximum atomic E-state index is 12.3. The molecule has 4 heteroatoms. The average molecular weight is 262 g/mol. The van der Waals surface area contributed by atoms with Gasteiger partial charge in [-0.1, -0.05) is 54.6 Å². The van der Waals surface area contributed by atoms with Crippen LogP contribution < -0.4 is 0 Å². The molecule has 2 nitrogen and oxygen atoms in total. The Morgan fingerprint density at radius 1 is 0.833 bits per heavy atom. The Morgan fingerprint density at radius 2 is 1.39 bits per heavy atom. The standard InChI is InChI=1S/C14H11FO2S/c15-18(16,17)11-10-12-6-8-14(9-7-12)13-4-2-1-3-5-13/h1-11H/b11-10+. The highest BCUT2D eigenvalue weighted by atomic mass is 32.3. The first-order chi connectivity index (χ1) is 8.54. The van der Waals surface area contributed by atoms with Gasteiger partial charge in [-0.2, -0.15) is 8.42 Å². The van der Waals surface area contributed by atoms with Gasteiger partial charge < -0.3 is 0 Å². The molecule has 0 saturated heterocycles. The topological polar surface area (TPSA) is 34.1 Å². The van der Waals surface area contributed by atoms with Crippen LogP contribution in [0.1, 0.15) is 5.56 Å². The highest BCUT2D eigenvalue weighted by Crippen LogP contribution is 2.19. The zero-order chi connectivity index (χ0) is 13.0. The minimum absolute atomic E-state index is 0.546. The van der Waals surface area contributed by atoms with Gasteiger partial charge in [-0.25, -0.2) is 0 Å². The Bertz CT molecular complexity index is 644. The Morgan fingerprint density at radius 3 is 1.94 bits per heavy atom. The molecule has 0 saturated carbocycles. The van der Waals surface area contributed by atoms with Crippen LogP contribution in [0.15, 0.2) is 60.0 Å². The van der Waals surface area contributed by atoms with E-state index in [1.807, 2.05) is 42.5 Å². The minimum Gasteiger partial charge on any atom is -0.190 e. The molecule has 0 aliphatic carbocycles. The first-order valence-corrected chi connectivity index (χ1v) is 6.77. The molecule has 0 aliphatic heterocycles. The lowest BCUT2D eigenvalue weighted by Gasteiger charge is -2.01. The predicted octanol–water partition coefficient (Wildman–Crippen LogP) is 3.62. The molecule has 92 valence electrons. The van der Waals surface area contributed by atoms with Crippen molar-refractivity contribution < 1.29 is 12.3 Å². The summed E-state index contributed by atoms with van der Waals surface area (Å²) in [6.07, 6.45) is 1.23. The lowest BCUT2D eigenvalue weighted by molar-refractivity contribution is 0.563. The highest BCUT2D eigenvalue weighted by molar-refractivity contribution is 7.89. The normalized spacial score (nSPS) is 11.8. The highest BCUT2D eigenvalue weighted by Gasteiger charge is 1.99. The summed E-state index contributed by atoms with van der Waals surface area (Å²) in [6.45, 7) is 0. The van der Waals surface area contributed by atoms with E-state index in [0.29, 0.717) is 11.0 Å². The van der Waals surface area contributed by atoms with Crippen LogP contribution in [-0.4, -0.2) is 8.42 Å². The molecule has 0 aliphatic rings. The maximum absolute atomic E-state index is 12.3. The molecule has 0 bridgehead atoms. The molecule has 0 heterocycles. The summed E-state index contributed by atoms with van der Waals surface area (Å²) in [4.78, 5) is 0. The fourth-order valence-electron chi connectivity index (χ4n) is 1.58. The zero-order valence-electron chi connectivity index (χ0n) is 9.45. The summed E-state index contributed by atoms with van der Waals surface area (Å²) in [5, 5.41) is 0.546. The van der Waals surface area contributed by atoms with E-state index < -0.39 is 10.2 Å². The van der Waals surface area contributed by atoms with E-state index in [1.165, 1.54) is 6.08 Å². The summed E-state index contributed by atoms with van der Waals surface area (Å²) in [7, 11) is -4.57. The first-order valence-electron chi connectivity index (χ1n) is 5.33. The predicted molar refractivity (Wildman–Crippen MR) is 70.9 cm³/mol. The summed E-state index contributed by atoms with van der Waals surface area (Å²) < 4.78 is 33.0. The molecule has 18 heavy (non-hydrogen) atoms. The van der Waals surface area contributed by atoms with Crippen molar-refractivity contribution in [2.45, 2.75) is 0 Å². The fraction of sp³-hybridized carbons (Fsp3) is 0. The smallest absolute Gasteiger partial charge is 0.190 e. The van der Waals surface area contributed by atoms with Crippen molar-refractivity contribution in [1.82, 2.24) is 0 Å². The Kier molecular flexibility index (Phi) is 3.58. The number of rotatable bonds is 3. The van der Waals surface area contributed by atoms with E-state index in [-0.39, 0.29) is 0 Å². The van der Waals surface area contributed by atoms with E-state index in [0.717, 1.165) is 11.1 Å². The van der Waals surface area contributed by atoms with Crippen molar-refractivity contribution in [3.8, 4) is 11.1 Å². The first kappa shape index (κ1) is 12.5. The third-order valence-electron chi connectivity index (χ3n) is 2.44. The average Bonchev–Trinajstić information content (AvgIpc) is 2.37. The molecule has 0 spiro atoms. The van der Waals surface area contributed by atoms with E-state index in [1.54, 1.807) is 12.1 Å². The van der Waals surface area contributed by atoms with Crippen LogP contribution in [-0.2, 0) is 10.2 Å².